The Bertz CT molecular complexity index is 655. The van der Waals surface area contributed by atoms with E-state index in [1.165, 1.54) is 6.07 Å². The fraction of sp³-hybridized carbons (Fsp3) is 0.267. The zero-order chi connectivity index (χ0) is 15.4. The summed E-state index contributed by atoms with van der Waals surface area (Å²) in [6, 6.07) is 6.17. The van der Waals surface area contributed by atoms with E-state index in [0.717, 1.165) is 6.42 Å². The normalized spacial score (nSPS) is 10.6. The summed E-state index contributed by atoms with van der Waals surface area (Å²) >= 11 is 3.18. The topological polar surface area (TPSA) is 57.2 Å². The van der Waals surface area contributed by atoms with E-state index < -0.39 is 11.8 Å². The first-order valence-corrected chi connectivity index (χ1v) is 7.37. The molecule has 0 radical (unpaired) electrons. The number of halogens is 2. The Hall–Kier alpha value is -1.82. The lowest BCUT2D eigenvalue weighted by Gasteiger charge is -2.09. The standard InChI is InChI=1S/C15H16BrFN2O2/c1-2-5-19-8-12(18)7-14(19)15(20)21-9-10-3-4-11(16)6-13(10)17/h3-4,6-8H,2,5,9,18H2,1H3. The van der Waals surface area contributed by atoms with Gasteiger partial charge in [0.1, 0.15) is 18.1 Å². The minimum atomic E-state index is -0.512. The quantitative estimate of drug-likeness (QED) is 0.832. The molecule has 6 heteroatoms. The molecule has 0 amide bonds. The maximum atomic E-state index is 13.7. The number of nitrogens with zero attached hydrogens (tertiary/aromatic N) is 1. The van der Waals surface area contributed by atoms with Crippen molar-refractivity contribution in [3.8, 4) is 0 Å². The van der Waals surface area contributed by atoms with Gasteiger partial charge in [0.05, 0.1) is 5.69 Å². The first kappa shape index (κ1) is 15.6. The number of anilines is 1. The highest BCUT2D eigenvalue weighted by Gasteiger charge is 2.15. The number of nitrogen functional groups attached to an aromatic ring is 1. The van der Waals surface area contributed by atoms with E-state index in [4.69, 9.17) is 10.5 Å². The van der Waals surface area contributed by atoms with Crippen LogP contribution in [-0.2, 0) is 17.9 Å². The van der Waals surface area contributed by atoms with Gasteiger partial charge in [-0.05, 0) is 24.6 Å². The number of carbonyl (C=O) groups is 1. The Morgan fingerprint density at radius 2 is 2.19 bits per heavy atom. The third-order valence-corrected chi connectivity index (χ3v) is 3.46. The van der Waals surface area contributed by atoms with Crippen molar-refractivity contribution >= 4 is 27.6 Å². The van der Waals surface area contributed by atoms with Gasteiger partial charge in [0.25, 0.3) is 0 Å². The largest absolute Gasteiger partial charge is 0.456 e. The van der Waals surface area contributed by atoms with Crippen LogP contribution in [-0.4, -0.2) is 10.5 Å². The Morgan fingerprint density at radius 1 is 1.43 bits per heavy atom. The summed E-state index contributed by atoms with van der Waals surface area (Å²) in [5.41, 5.74) is 6.91. The number of aromatic nitrogens is 1. The molecule has 0 saturated carbocycles. The van der Waals surface area contributed by atoms with Crippen molar-refractivity contribution < 1.29 is 13.9 Å². The van der Waals surface area contributed by atoms with Gasteiger partial charge in [-0.25, -0.2) is 9.18 Å². The van der Waals surface area contributed by atoms with Crippen LogP contribution in [0.3, 0.4) is 0 Å². The summed E-state index contributed by atoms with van der Waals surface area (Å²) < 4.78 is 21.2. The summed E-state index contributed by atoms with van der Waals surface area (Å²) in [5.74, 6) is -0.928. The molecule has 112 valence electrons. The molecule has 4 nitrogen and oxygen atoms in total. The summed E-state index contributed by atoms with van der Waals surface area (Å²) in [6.07, 6.45) is 2.57. The van der Waals surface area contributed by atoms with E-state index in [-0.39, 0.29) is 6.61 Å². The molecule has 2 N–H and O–H groups in total. The molecule has 2 aromatic rings. The number of benzene rings is 1. The van der Waals surface area contributed by atoms with Crippen molar-refractivity contribution in [2.24, 2.45) is 0 Å². The second kappa shape index (κ2) is 6.76. The minimum Gasteiger partial charge on any atom is -0.456 e. The Balaban J connectivity index is 2.08. The van der Waals surface area contributed by atoms with E-state index in [0.29, 0.717) is 28.0 Å². The smallest absolute Gasteiger partial charge is 0.355 e. The van der Waals surface area contributed by atoms with Crippen molar-refractivity contribution in [3.63, 3.8) is 0 Å². The Morgan fingerprint density at radius 3 is 2.86 bits per heavy atom. The number of nitrogens with two attached hydrogens (primary N) is 1. The second-order valence-corrected chi connectivity index (χ2v) is 5.58. The van der Waals surface area contributed by atoms with Crippen LogP contribution in [0.2, 0.25) is 0 Å². The Kier molecular flexibility index (Phi) is 5.01. The third-order valence-electron chi connectivity index (χ3n) is 2.97. The van der Waals surface area contributed by atoms with E-state index in [9.17, 15) is 9.18 Å². The molecule has 0 saturated heterocycles. The van der Waals surface area contributed by atoms with Gasteiger partial charge in [0.2, 0.25) is 0 Å². The summed E-state index contributed by atoms with van der Waals surface area (Å²) in [4.78, 5) is 12.1. The third kappa shape index (κ3) is 3.85. The zero-order valence-corrected chi connectivity index (χ0v) is 13.2. The van der Waals surface area contributed by atoms with Crippen molar-refractivity contribution in [3.05, 3.63) is 52.0 Å². The average molecular weight is 355 g/mol. The lowest BCUT2D eigenvalue weighted by molar-refractivity contribution is 0.0456. The van der Waals surface area contributed by atoms with Crippen LogP contribution in [0.15, 0.2) is 34.9 Å². The molecule has 0 unspecified atom stereocenters. The van der Waals surface area contributed by atoms with Crippen LogP contribution in [0.25, 0.3) is 0 Å². The number of hydrogen-bond acceptors (Lipinski definition) is 3. The number of aryl methyl sites for hydroxylation is 1. The molecule has 0 aliphatic rings. The van der Waals surface area contributed by atoms with Gasteiger partial charge in [-0.2, -0.15) is 0 Å². The molecule has 0 aliphatic heterocycles. The molecule has 21 heavy (non-hydrogen) atoms. The predicted octanol–water partition coefficient (Wildman–Crippen LogP) is 3.74. The van der Waals surface area contributed by atoms with Crippen molar-refractivity contribution in [1.82, 2.24) is 4.57 Å². The van der Waals surface area contributed by atoms with Gasteiger partial charge >= 0.3 is 5.97 Å². The highest BCUT2D eigenvalue weighted by Crippen LogP contribution is 2.17. The summed E-state index contributed by atoms with van der Waals surface area (Å²) in [5, 5.41) is 0. The maximum absolute atomic E-state index is 13.7. The van der Waals surface area contributed by atoms with Crippen LogP contribution in [0, 0.1) is 5.82 Å². The molecule has 2 rings (SSSR count). The lowest BCUT2D eigenvalue weighted by Crippen LogP contribution is -2.12. The first-order valence-electron chi connectivity index (χ1n) is 6.58. The number of carbonyl (C=O) groups excluding carboxylic acids is 1. The molecular formula is C15H16BrFN2O2. The number of hydrogen-bond donors (Lipinski definition) is 1. The highest BCUT2D eigenvalue weighted by atomic mass is 79.9. The number of esters is 1. The lowest BCUT2D eigenvalue weighted by atomic mass is 10.2. The summed E-state index contributed by atoms with van der Waals surface area (Å²) in [6.45, 7) is 2.56. The molecule has 1 heterocycles. The van der Waals surface area contributed by atoms with E-state index in [2.05, 4.69) is 15.9 Å². The maximum Gasteiger partial charge on any atom is 0.355 e. The average Bonchev–Trinajstić information content (AvgIpc) is 2.79. The van der Waals surface area contributed by atoms with Gasteiger partial charge in [-0.3, -0.25) is 0 Å². The van der Waals surface area contributed by atoms with E-state index in [1.54, 1.807) is 29.0 Å². The van der Waals surface area contributed by atoms with Crippen LogP contribution in [0.5, 0.6) is 0 Å². The van der Waals surface area contributed by atoms with Crippen LogP contribution in [0.1, 0.15) is 29.4 Å². The fourth-order valence-corrected chi connectivity index (χ4v) is 2.32. The molecular weight excluding hydrogens is 339 g/mol. The van der Waals surface area contributed by atoms with Gasteiger partial charge in [0.15, 0.2) is 0 Å². The second-order valence-electron chi connectivity index (χ2n) is 4.66. The van der Waals surface area contributed by atoms with Crippen LogP contribution >= 0.6 is 15.9 Å². The predicted molar refractivity (Wildman–Crippen MR) is 82.4 cm³/mol. The number of ether oxygens (including phenoxy) is 1. The molecule has 1 aromatic heterocycles. The van der Waals surface area contributed by atoms with Crippen molar-refractivity contribution in [2.45, 2.75) is 26.5 Å². The molecule has 0 spiro atoms. The van der Waals surface area contributed by atoms with Gasteiger partial charge < -0.3 is 15.0 Å². The van der Waals surface area contributed by atoms with Crippen molar-refractivity contribution in [2.75, 3.05) is 5.73 Å². The highest BCUT2D eigenvalue weighted by molar-refractivity contribution is 9.10. The molecule has 0 aliphatic carbocycles. The molecule has 0 fully saturated rings. The molecule has 0 atom stereocenters. The van der Waals surface area contributed by atoms with Crippen molar-refractivity contribution in [1.29, 1.82) is 0 Å². The van der Waals surface area contributed by atoms with Crippen LogP contribution in [0.4, 0.5) is 10.1 Å². The van der Waals surface area contributed by atoms with Crippen LogP contribution < -0.4 is 5.73 Å². The molecule has 0 bridgehead atoms. The van der Waals surface area contributed by atoms with Gasteiger partial charge in [0, 0.05) is 22.8 Å². The van der Waals surface area contributed by atoms with Gasteiger partial charge in [-0.15, -0.1) is 0 Å². The first-order chi connectivity index (χ1) is 10.0. The zero-order valence-electron chi connectivity index (χ0n) is 11.6. The fourth-order valence-electron chi connectivity index (χ4n) is 1.99. The monoisotopic (exact) mass is 354 g/mol. The minimum absolute atomic E-state index is 0.116. The van der Waals surface area contributed by atoms with E-state index >= 15 is 0 Å². The molecule has 1 aromatic carbocycles. The Labute approximate surface area is 130 Å². The number of rotatable bonds is 5. The van der Waals surface area contributed by atoms with E-state index in [1.807, 2.05) is 6.92 Å². The SMILES string of the molecule is CCCn1cc(N)cc1C(=O)OCc1ccc(Br)cc1F. The summed E-state index contributed by atoms with van der Waals surface area (Å²) in [7, 11) is 0. The van der Waals surface area contributed by atoms with Gasteiger partial charge in [-0.1, -0.05) is 28.9 Å².